The molecule has 1 aliphatic rings. The number of fused-ring (bicyclic) bond motifs is 1. The third-order valence-corrected chi connectivity index (χ3v) is 5.13. The molecule has 2 aromatic rings. The minimum absolute atomic E-state index is 0.0771. The molecule has 0 aliphatic carbocycles. The highest BCUT2D eigenvalue weighted by atomic mass is 32.2. The van der Waals surface area contributed by atoms with Gasteiger partial charge in [-0.3, -0.25) is 4.68 Å². The highest BCUT2D eigenvalue weighted by Crippen LogP contribution is 2.40. The van der Waals surface area contributed by atoms with E-state index < -0.39 is 0 Å². The Morgan fingerprint density at radius 3 is 2.89 bits per heavy atom. The summed E-state index contributed by atoms with van der Waals surface area (Å²) in [5, 5.41) is 13.9. The van der Waals surface area contributed by atoms with E-state index in [9.17, 15) is 5.11 Å². The molecular weight excluding hydrogens is 256 g/mol. The van der Waals surface area contributed by atoms with Gasteiger partial charge in [-0.25, -0.2) is 0 Å². The summed E-state index contributed by atoms with van der Waals surface area (Å²) in [6.07, 6.45) is 0. The van der Waals surface area contributed by atoms with Crippen LogP contribution >= 0.6 is 11.8 Å². The third kappa shape index (κ3) is 2.19. The molecule has 1 N–H and O–H groups in total. The zero-order valence-corrected chi connectivity index (χ0v) is 12.1. The maximum Gasteiger partial charge on any atom is 0.0718 e. The summed E-state index contributed by atoms with van der Waals surface area (Å²) in [7, 11) is 0. The van der Waals surface area contributed by atoms with Crippen LogP contribution in [0.1, 0.15) is 28.4 Å². The number of hydrogen-bond donors (Lipinski definition) is 1. The fraction of sp³-hybridized carbons (Fsp3) is 0.400. The summed E-state index contributed by atoms with van der Waals surface area (Å²) in [6, 6.07) is 8.62. The van der Waals surface area contributed by atoms with E-state index >= 15 is 0 Å². The van der Waals surface area contributed by atoms with Crippen molar-refractivity contribution in [1.29, 1.82) is 0 Å². The van der Waals surface area contributed by atoms with Gasteiger partial charge in [0.15, 0.2) is 0 Å². The van der Waals surface area contributed by atoms with Crippen LogP contribution in [-0.4, -0.2) is 20.6 Å². The third-order valence-electron chi connectivity index (χ3n) is 3.88. The largest absolute Gasteiger partial charge is 0.392 e. The lowest BCUT2D eigenvalue weighted by molar-refractivity contribution is 0.280. The Balaban J connectivity index is 1.88. The number of aliphatic hydroxyl groups excluding tert-OH is 1. The number of aryl methyl sites for hydroxylation is 1. The van der Waals surface area contributed by atoms with Crippen molar-refractivity contribution < 1.29 is 5.11 Å². The van der Waals surface area contributed by atoms with Crippen molar-refractivity contribution in [3.8, 4) is 0 Å². The summed E-state index contributed by atoms with van der Waals surface area (Å²) in [4.78, 5) is 1.40. The van der Waals surface area contributed by atoms with Crippen LogP contribution < -0.4 is 0 Å². The Morgan fingerprint density at radius 1 is 1.37 bits per heavy atom. The fourth-order valence-electron chi connectivity index (χ4n) is 2.73. The van der Waals surface area contributed by atoms with Crippen LogP contribution in [0.2, 0.25) is 0 Å². The van der Waals surface area contributed by atoms with E-state index in [1.165, 1.54) is 10.5 Å². The normalized spacial score (nSPS) is 17.7. The SMILES string of the molecule is Cc1nn(CC2CSc3ccccc32)c(C)c1CO. The molecule has 0 saturated carbocycles. The number of benzene rings is 1. The van der Waals surface area contributed by atoms with E-state index in [4.69, 9.17) is 0 Å². The Bertz CT molecular complexity index is 606. The summed E-state index contributed by atoms with van der Waals surface area (Å²) < 4.78 is 2.05. The topological polar surface area (TPSA) is 38.0 Å². The van der Waals surface area contributed by atoms with Gasteiger partial charge in [0, 0.05) is 34.4 Å². The Labute approximate surface area is 117 Å². The minimum Gasteiger partial charge on any atom is -0.392 e. The van der Waals surface area contributed by atoms with Crippen LogP contribution in [0.3, 0.4) is 0 Å². The van der Waals surface area contributed by atoms with E-state index in [2.05, 4.69) is 29.4 Å². The first-order valence-electron chi connectivity index (χ1n) is 6.56. The van der Waals surface area contributed by atoms with Gasteiger partial charge in [0.25, 0.3) is 0 Å². The van der Waals surface area contributed by atoms with Gasteiger partial charge in [-0.2, -0.15) is 5.10 Å². The van der Waals surface area contributed by atoms with E-state index in [1.807, 2.05) is 30.3 Å². The summed E-state index contributed by atoms with van der Waals surface area (Å²) in [5.74, 6) is 1.64. The van der Waals surface area contributed by atoms with Crippen molar-refractivity contribution in [2.24, 2.45) is 0 Å². The second-order valence-corrected chi connectivity index (χ2v) is 6.10. The number of rotatable bonds is 3. The van der Waals surface area contributed by atoms with Crippen molar-refractivity contribution in [3.63, 3.8) is 0 Å². The quantitative estimate of drug-likeness (QED) is 0.935. The first kappa shape index (κ1) is 12.8. The molecule has 0 bridgehead atoms. The maximum atomic E-state index is 9.37. The standard InChI is InChI=1S/C15H18N2OS/c1-10-14(8-18)11(2)17(16-10)7-12-9-19-15-6-4-3-5-13(12)15/h3-6,12,18H,7-9H2,1-2H3. The molecule has 2 heterocycles. The summed E-state index contributed by atoms with van der Waals surface area (Å²) >= 11 is 1.93. The maximum absolute atomic E-state index is 9.37. The lowest BCUT2D eigenvalue weighted by Gasteiger charge is -2.12. The fourth-order valence-corrected chi connectivity index (χ4v) is 3.97. The van der Waals surface area contributed by atoms with E-state index in [0.717, 1.165) is 29.2 Å². The van der Waals surface area contributed by atoms with Gasteiger partial charge in [-0.15, -0.1) is 11.8 Å². The Hall–Kier alpha value is -1.26. The van der Waals surface area contributed by atoms with Gasteiger partial charge in [0.1, 0.15) is 0 Å². The van der Waals surface area contributed by atoms with Crippen LogP contribution in [-0.2, 0) is 13.2 Å². The summed E-state index contributed by atoms with van der Waals surface area (Å²) in [5.41, 5.74) is 4.44. The molecule has 0 fully saturated rings. The molecule has 1 aromatic heterocycles. The molecule has 3 rings (SSSR count). The zero-order chi connectivity index (χ0) is 13.4. The Kier molecular flexibility index (Phi) is 3.37. The number of thioether (sulfide) groups is 1. The van der Waals surface area contributed by atoms with Crippen molar-refractivity contribution in [2.75, 3.05) is 5.75 Å². The van der Waals surface area contributed by atoms with Crippen molar-refractivity contribution in [2.45, 2.75) is 37.8 Å². The van der Waals surface area contributed by atoms with Gasteiger partial charge in [0.2, 0.25) is 0 Å². The van der Waals surface area contributed by atoms with Crippen molar-refractivity contribution in [1.82, 2.24) is 9.78 Å². The molecular formula is C15H18N2OS. The van der Waals surface area contributed by atoms with Crippen LogP contribution in [0.5, 0.6) is 0 Å². The van der Waals surface area contributed by atoms with Crippen LogP contribution in [0.15, 0.2) is 29.2 Å². The van der Waals surface area contributed by atoms with E-state index in [1.54, 1.807) is 0 Å². The highest BCUT2D eigenvalue weighted by Gasteiger charge is 2.24. The van der Waals surface area contributed by atoms with Crippen LogP contribution in [0.4, 0.5) is 0 Å². The molecule has 0 saturated heterocycles. The first-order valence-corrected chi connectivity index (χ1v) is 7.54. The molecule has 1 atom stereocenters. The van der Waals surface area contributed by atoms with Crippen LogP contribution in [0, 0.1) is 13.8 Å². The van der Waals surface area contributed by atoms with Gasteiger partial charge in [0.05, 0.1) is 12.3 Å². The lowest BCUT2D eigenvalue weighted by Crippen LogP contribution is -2.11. The zero-order valence-electron chi connectivity index (χ0n) is 11.3. The van der Waals surface area contributed by atoms with Gasteiger partial charge in [-0.05, 0) is 25.5 Å². The second kappa shape index (κ2) is 5.02. The molecule has 19 heavy (non-hydrogen) atoms. The molecule has 1 aliphatic heterocycles. The van der Waals surface area contributed by atoms with Gasteiger partial charge in [-0.1, -0.05) is 18.2 Å². The minimum atomic E-state index is 0.0771. The van der Waals surface area contributed by atoms with Gasteiger partial charge < -0.3 is 5.11 Å². The molecule has 0 spiro atoms. The number of aliphatic hydroxyl groups is 1. The first-order chi connectivity index (χ1) is 9.20. The highest BCUT2D eigenvalue weighted by molar-refractivity contribution is 7.99. The summed E-state index contributed by atoms with van der Waals surface area (Å²) in [6.45, 7) is 4.98. The molecule has 1 unspecified atom stereocenters. The van der Waals surface area contributed by atoms with Gasteiger partial charge >= 0.3 is 0 Å². The smallest absolute Gasteiger partial charge is 0.0718 e. The monoisotopic (exact) mass is 274 g/mol. The van der Waals surface area contributed by atoms with E-state index in [0.29, 0.717) is 5.92 Å². The molecule has 1 aromatic carbocycles. The van der Waals surface area contributed by atoms with Crippen LogP contribution in [0.25, 0.3) is 0 Å². The molecule has 100 valence electrons. The number of aromatic nitrogens is 2. The average Bonchev–Trinajstić information content (AvgIpc) is 2.93. The predicted molar refractivity (Wildman–Crippen MR) is 77.5 cm³/mol. The van der Waals surface area contributed by atoms with Crippen molar-refractivity contribution in [3.05, 3.63) is 46.8 Å². The lowest BCUT2D eigenvalue weighted by atomic mass is 10.0. The molecule has 3 nitrogen and oxygen atoms in total. The average molecular weight is 274 g/mol. The van der Waals surface area contributed by atoms with E-state index in [-0.39, 0.29) is 6.61 Å². The second-order valence-electron chi connectivity index (χ2n) is 5.04. The molecule has 4 heteroatoms. The molecule has 0 radical (unpaired) electrons. The number of hydrogen-bond acceptors (Lipinski definition) is 3. The van der Waals surface area contributed by atoms with Crippen molar-refractivity contribution >= 4 is 11.8 Å². The number of nitrogens with zero attached hydrogens (tertiary/aromatic N) is 2. The Morgan fingerprint density at radius 2 is 2.16 bits per heavy atom. The molecule has 0 amide bonds. The predicted octanol–water partition coefficient (Wildman–Crippen LogP) is 2.88.